The summed E-state index contributed by atoms with van der Waals surface area (Å²) in [5.41, 5.74) is 0.309. The van der Waals surface area contributed by atoms with E-state index in [4.69, 9.17) is 0 Å². The molecule has 1 aromatic rings. The van der Waals surface area contributed by atoms with E-state index in [9.17, 15) is 22.8 Å². The minimum atomic E-state index is -4.70. The van der Waals surface area contributed by atoms with Crippen LogP contribution in [0, 0.1) is 0 Å². The van der Waals surface area contributed by atoms with Gasteiger partial charge < -0.3 is 9.66 Å². The van der Waals surface area contributed by atoms with E-state index in [1.165, 1.54) is 18.2 Å². The number of hydrogen-bond donors (Lipinski definition) is 2. The van der Waals surface area contributed by atoms with Crippen LogP contribution < -0.4 is 4.72 Å². The summed E-state index contributed by atoms with van der Waals surface area (Å²) in [6.07, 6.45) is -7.22. The average Bonchev–Trinajstić information content (AvgIpc) is 2.35. The second-order valence-corrected chi connectivity index (χ2v) is 7.83. The number of benzene rings is 1. The predicted octanol–water partition coefficient (Wildman–Crippen LogP) is 3.40. The van der Waals surface area contributed by atoms with Gasteiger partial charge in [0.15, 0.2) is 6.10 Å². The molecular formula is C14H20F3NO2S. The Morgan fingerprint density at radius 1 is 1.19 bits per heavy atom. The van der Waals surface area contributed by atoms with Gasteiger partial charge in [-0.2, -0.15) is 13.2 Å². The highest BCUT2D eigenvalue weighted by atomic mass is 32.2. The Kier molecular flexibility index (Phi) is 5.71. The van der Waals surface area contributed by atoms with Gasteiger partial charge in [0.1, 0.15) is 4.75 Å². The number of aliphatic hydroxyl groups excluding tert-OH is 1. The fraction of sp³-hybridized carbons (Fsp3) is 0.571. The first-order valence-corrected chi connectivity index (χ1v) is 7.60. The summed E-state index contributed by atoms with van der Waals surface area (Å²) in [5.74, 6) is 0. The van der Waals surface area contributed by atoms with Crippen molar-refractivity contribution in [2.75, 3.05) is 0 Å². The Hall–Kier alpha value is -0.760. The van der Waals surface area contributed by atoms with Crippen LogP contribution in [0.5, 0.6) is 0 Å². The Morgan fingerprint density at radius 3 is 2.19 bits per heavy atom. The fourth-order valence-electron chi connectivity index (χ4n) is 1.59. The molecule has 0 aliphatic heterocycles. The number of hydrogen-bond acceptors (Lipinski definition) is 3. The molecule has 3 nitrogen and oxygen atoms in total. The first-order chi connectivity index (χ1) is 9.43. The van der Waals surface area contributed by atoms with Crippen LogP contribution in [0.4, 0.5) is 13.2 Å². The van der Waals surface area contributed by atoms with Crippen molar-refractivity contribution in [3.05, 3.63) is 35.4 Å². The molecule has 7 heteroatoms. The normalized spacial score (nSPS) is 17.4. The number of nitrogens with one attached hydrogen (secondary N) is 1. The van der Waals surface area contributed by atoms with Crippen molar-refractivity contribution in [2.24, 2.45) is 0 Å². The van der Waals surface area contributed by atoms with Crippen molar-refractivity contribution < 1.29 is 22.8 Å². The molecule has 0 aromatic heterocycles. The molecule has 0 aliphatic carbocycles. The highest BCUT2D eigenvalue weighted by molar-refractivity contribution is 7.90. The minimum absolute atomic E-state index is 0.227. The second kappa shape index (κ2) is 6.56. The van der Waals surface area contributed by atoms with Gasteiger partial charge >= 0.3 is 6.18 Å². The molecule has 0 amide bonds. The van der Waals surface area contributed by atoms with E-state index < -0.39 is 34.4 Å². The summed E-state index contributed by atoms with van der Waals surface area (Å²) in [6.45, 7) is 7.11. The van der Waals surface area contributed by atoms with Crippen LogP contribution in [-0.4, -0.2) is 20.6 Å². The summed E-state index contributed by atoms with van der Waals surface area (Å²) < 4.78 is 51.9. The Morgan fingerprint density at radius 2 is 1.71 bits per heavy atom. The summed E-state index contributed by atoms with van der Waals surface area (Å²) in [7, 11) is 0. The molecule has 21 heavy (non-hydrogen) atoms. The van der Waals surface area contributed by atoms with Gasteiger partial charge in [-0.25, -0.2) is 0 Å². The third kappa shape index (κ3) is 5.18. The lowest BCUT2D eigenvalue weighted by atomic mass is 10.0. The van der Waals surface area contributed by atoms with Crippen molar-refractivity contribution in [3.63, 3.8) is 0 Å². The van der Waals surface area contributed by atoms with E-state index in [2.05, 4.69) is 4.72 Å². The van der Waals surface area contributed by atoms with Gasteiger partial charge in [0.2, 0.25) is 0 Å². The van der Waals surface area contributed by atoms with Crippen molar-refractivity contribution >= 4 is 11.4 Å². The largest absolute Gasteiger partial charge is 0.598 e. The molecule has 0 bridgehead atoms. The lowest BCUT2D eigenvalue weighted by molar-refractivity contribution is -0.206. The van der Waals surface area contributed by atoms with Gasteiger partial charge in [-0.1, -0.05) is 24.3 Å². The second-order valence-electron chi connectivity index (χ2n) is 5.83. The van der Waals surface area contributed by atoms with Gasteiger partial charge in [0.05, 0.1) is 6.04 Å². The zero-order valence-corrected chi connectivity index (χ0v) is 13.2. The van der Waals surface area contributed by atoms with E-state index in [1.807, 2.05) is 0 Å². The molecule has 0 fully saturated rings. The van der Waals surface area contributed by atoms with Crippen LogP contribution in [0.15, 0.2) is 24.3 Å². The van der Waals surface area contributed by atoms with Crippen LogP contribution in [0.3, 0.4) is 0 Å². The SMILES string of the molecule is C[C@@H](N[S+]([O-])C(C)(C)C)c1cccc(C(O)C(F)(F)F)c1. The number of aliphatic hydroxyl groups is 1. The molecule has 0 heterocycles. The molecule has 1 rings (SSSR count). The molecule has 0 spiro atoms. The van der Waals surface area contributed by atoms with Crippen LogP contribution in [-0.2, 0) is 11.4 Å². The van der Waals surface area contributed by atoms with Gasteiger partial charge in [-0.05, 0) is 38.8 Å². The first-order valence-electron chi connectivity index (χ1n) is 6.45. The number of halogens is 3. The summed E-state index contributed by atoms with van der Waals surface area (Å²) in [4.78, 5) is 0. The topological polar surface area (TPSA) is 55.3 Å². The first kappa shape index (κ1) is 18.3. The van der Waals surface area contributed by atoms with Crippen LogP contribution in [0.2, 0.25) is 0 Å². The number of alkyl halides is 3. The molecule has 3 atom stereocenters. The summed E-state index contributed by atoms with van der Waals surface area (Å²) in [6, 6.07) is 5.16. The van der Waals surface area contributed by atoms with E-state index >= 15 is 0 Å². The third-order valence-electron chi connectivity index (χ3n) is 2.88. The minimum Gasteiger partial charge on any atom is -0.598 e. The molecule has 2 N–H and O–H groups in total. The Balaban J connectivity index is 2.90. The maximum Gasteiger partial charge on any atom is 0.418 e. The van der Waals surface area contributed by atoms with Gasteiger partial charge in [0, 0.05) is 11.4 Å². The lowest BCUT2D eigenvalue weighted by Gasteiger charge is -2.27. The van der Waals surface area contributed by atoms with E-state index in [0.29, 0.717) is 5.56 Å². The molecular weight excluding hydrogens is 303 g/mol. The zero-order valence-electron chi connectivity index (χ0n) is 12.4. The van der Waals surface area contributed by atoms with Crippen molar-refractivity contribution in [1.82, 2.24) is 4.72 Å². The fourth-order valence-corrected chi connectivity index (χ4v) is 2.40. The van der Waals surface area contributed by atoms with E-state index in [1.54, 1.807) is 33.8 Å². The highest BCUT2D eigenvalue weighted by Crippen LogP contribution is 2.33. The van der Waals surface area contributed by atoms with Crippen LogP contribution in [0.25, 0.3) is 0 Å². The predicted molar refractivity (Wildman–Crippen MR) is 76.9 cm³/mol. The standard InChI is InChI=1S/C14H20F3NO2S/c1-9(18-21(20)13(2,3)4)10-6-5-7-11(8-10)12(19)14(15,16)17/h5-9,12,18-19H,1-4H3/t9-,12?,21?/m1/s1. The molecule has 0 radical (unpaired) electrons. The van der Waals surface area contributed by atoms with Gasteiger partial charge in [-0.3, -0.25) is 0 Å². The van der Waals surface area contributed by atoms with Crippen LogP contribution >= 0.6 is 0 Å². The zero-order chi connectivity index (χ0) is 16.4. The molecule has 1 aromatic carbocycles. The van der Waals surface area contributed by atoms with Crippen molar-refractivity contribution in [1.29, 1.82) is 0 Å². The molecule has 0 saturated carbocycles. The Bertz CT molecular complexity index is 474. The molecule has 120 valence electrons. The van der Waals surface area contributed by atoms with Crippen molar-refractivity contribution in [3.8, 4) is 0 Å². The molecule has 2 unspecified atom stereocenters. The third-order valence-corrected chi connectivity index (χ3v) is 4.56. The average molecular weight is 323 g/mol. The van der Waals surface area contributed by atoms with Gasteiger partial charge in [0.25, 0.3) is 0 Å². The molecule has 0 saturated heterocycles. The monoisotopic (exact) mass is 323 g/mol. The Labute approximate surface area is 125 Å². The molecule has 0 aliphatic rings. The van der Waals surface area contributed by atoms with Crippen molar-refractivity contribution in [2.45, 2.75) is 50.8 Å². The number of rotatable bonds is 4. The maximum atomic E-state index is 12.5. The highest BCUT2D eigenvalue weighted by Gasteiger charge is 2.39. The van der Waals surface area contributed by atoms with Gasteiger partial charge in [-0.15, -0.1) is 4.72 Å². The van der Waals surface area contributed by atoms with E-state index in [0.717, 1.165) is 0 Å². The quantitative estimate of drug-likeness (QED) is 0.835. The lowest BCUT2D eigenvalue weighted by Crippen LogP contribution is -2.40. The smallest absolute Gasteiger partial charge is 0.418 e. The maximum absolute atomic E-state index is 12.5. The van der Waals surface area contributed by atoms with E-state index in [-0.39, 0.29) is 5.56 Å². The van der Waals surface area contributed by atoms with Crippen LogP contribution in [0.1, 0.15) is 51.0 Å². The summed E-state index contributed by atoms with van der Waals surface area (Å²) >= 11 is -1.34. The summed E-state index contributed by atoms with van der Waals surface area (Å²) in [5, 5.41) is 9.27.